The van der Waals surface area contributed by atoms with Gasteiger partial charge in [-0.3, -0.25) is 9.69 Å². The van der Waals surface area contributed by atoms with Crippen LogP contribution in [0.2, 0.25) is 0 Å². The van der Waals surface area contributed by atoms with Crippen molar-refractivity contribution in [2.75, 3.05) is 16.0 Å². The Morgan fingerprint density at radius 2 is 1.73 bits per heavy atom. The number of nitrogens with one attached hydrogen (secondary N) is 1. The summed E-state index contributed by atoms with van der Waals surface area (Å²) < 4.78 is 42.7. The smallest absolute Gasteiger partial charge is 0.406 e. The summed E-state index contributed by atoms with van der Waals surface area (Å²) in [4.78, 5) is 36.1. The number of carbonyl (C=O) groups excluding carboxylic acids is 2. The highest BCUT2D eigenvalue weighted by Crippen LogP contribution is 2.35. The van der Waals surface area contributed by atoms with E-state index in [2.05, 4.69) is 39.0 Å². The Morgan fingerprint density at radius 1 is 1.05 bits per heavy atom. The number of anilines is 2. The molecule has 0 aliphatic carbocycles. The van der Waals surface area contributed by atoms with Gasteiger partial charge in [-0.1, -0.05) is 37.7 Å². The molecule has 1 fully saturated rings. The molecule has 5 rings (SSSR count). The zero-order chi connectivity index (χ0) is 31.8. The molecule has 44 heavy (non-hydrogen) atoms. The van der Waals surface area contributed by atoms with Crippen molar-refractivity contribution in [2.45, 2.75) is 46.9 Å². The van der Waals surface area contributed by atoms with Gasteiger partial charge in [0, 0.05) is 11.3 Å². The third-order valence-corrected chi connectivity index (χ3v) is 7.78. The van der Waals surface area contributed by atoms with Crippen LogP contribution in [0.15, 0.2) is 65.9 Å². The number of halogens is 3. The van der Waals surface area contributed by atoms with Gasteiger partial charge in [-0.05, 0) is 91.4 Å². The molecule has 1 saturated heterocycles. The molecular weight excluding hydrogens is 593 g/mol. The Hall–Kier alpha value is -4.65. The Bertz CT molecular complexity index is 1740. The first-order chi connectivity index (χ1) is 20.8. The molecule has 0 atom stereocenters. The van der Waals surface area contributed by atoms with Crippen LogP contribution in [0.25, 0.3) is 17.1 Å². The standard InChI is InChI=1S/C31H29F3N6O3S/c1-17(2)24-11-6-18(3)12-25(24)40-26(41)15-44-30(40)37-29(42)36-27-19(4)13-21(14-20(27)5)28-35-16-39(38-28)22-7-9-23(10-8-22)43-31(32,33)34/h6-14,16-17H,15H2,1-5H3,(H,36,42). The maximum Gasteiger partial charge on any atom is 0.573 e. The number of hydrogen-bond donors (Lipinski definition) is 1. The van der Waals surface area contributed by atoms with Crippen molar-refractivity contribution in [2.24, 2.45) is 4.99 Å². The van der Waals surface area contributed by atoms with Gasteiger partial charge in [0.15, 0.2) is 11.0 Å². The Labute approximate surface area is 256 Å². The van der Waals surface area contributed by atoms with Crippen LogP contribution in [0.1, 0.15) is 42.0 Å². The first kappa shape index (κ1) is 30.8. The third-order valence-electron chi connectivity index (χ3n) is 6.86. The maximum absolute atomic E-state index is 13.1. The minimum absolute atomic E-state index is 0.136. The van der Waals surface area contributed by atoms with Crippen molar-refractivity contribution in [3.8, 4) is 22.8 Å². The molecule has 0 radical (unpaired) electrons. The van der Waals surface area contributed by atoms with Crippen molar-refractivity contribution in [3.63, 3.8) is 0 Å². The second-order valence-electron chi connectivity index (χ2n) is 10.6. The monoisotopic (exact) mass is 622 g/mol. The number of alkyl halides is 3. The average molecular weight is 623 g/mol. The zero-order valence-electron chi connectivity index (χ0n) is 24.6. The molecule has 0 saturated carbocycles. The van der Waals surface area contributed by atoms with Crippen molar-refractivity contribution in [1.82, 2.24) is 14.8 Å². The minimum atomic E-state index is -4.77. The van der Waals surface area contributed by atoms with Gasteiger partial charge in [-0.15, -0.1) is 18.3 Å². The number of carbonyl (C=O) groups is 2. The molecule has 13 heteroatoms. The summed E-state index contributed by atoms with van der Waals surface area (Å²) in [5.74, 6) is 0.276. The summed E-state index contributed by atoms with van der Waals surface area (Å²) in [7, 11) is 0. The van der Waals surface area contributed by atoms with Crippen molar-refractivity contribution in [1.29, 1.82) is 0 Å². The number of benzene rings is 3. The summed E-state index contributed by atoms with van der Waals surface area (Å²) in [6, 6.07) is 14.2. The predicted molar refractivity (Wildman–Crippen MR) is 165 cm³/mol. The predicted octanol–water partition coefficient (Wildman–Crippen LogP) is 7.55. The topological polar surface area (TPSA) is 102 Å². The van der Waals surface area contributed by atoms with E-state index in [-0.39, 0.29) is 23.3 Å². The lowest BCUT2D eigenvalue weighted by Gasteiger charge is -2.22. The van der Waals surface area contributed by atoms with Crippen molar-refractivity contribution < 1.29 is 27.5 Å². The normalized spacial score (nSPS) is 14.5. The van der Waals surface area contributed by atoms with Crippen LogP contribution < -0.4 is 15.0 Å². The van der Waals surface area contributed by atoms with Crippen LogP contribution in [0.4, 0.5) is 29.3 Å². The van der Waals surface area contributed by atoms with Gasteiger partial charge < -0.3 is 10.1 Å². The molecule has 2 heterocycles. The van der Waals surface area contributed by atoms with E-state index in [1.807, 2.05) is 51.1 Å². The van der Waals surface area contributed by atoms with E-state index in [0.717, 1.165) is 27.9 Å². The average Bonchev–Trinajstić information content (AvgIpc) is 3.57. The Balaban J connectivity index is 1.34. The SMILES string of the molecule is Cc1ccc(C(C)C)c(N2C(=O)CSC2=NC(=O)Nc2c(C)cc(-c3ncn(-c4ccc(OC(F)(F)F)cc4)n3)cc2C)c1. The number of nitrogens with zero attached hydrogens (tertiary/aromatic N) is 5. The van der Waals surface area contributed by atoms with Crippen molar-refractivity contribution >= 4 is 40.2 Å². The molecule has 228 valence electrons. The van der Waals surface area contributed by atoms with Crippen LogP contribution in [-0.4, -0.2) is 44.0 Å². The largest absolute Gasteiger partial charge is 0.573 e. The van der Waals surface area contributed by atoms with Crippen molar-refractivity contribution in [3.05, 3.63) is 83.2 Å². The summed E-state index contributed by atoms with van der Waals surface area (Å²) in [5, 5.41) is 7.63. The lowest BCUT2D eigenvalue weighted by Crippen LogP contribution is -2.31. The van der Waals surface area contributed by atoms with E-state index in [9.17, 15) is 22.8 Å². The first-order valence-corrected chi connectivity index (χ1v) is 14.6. The van der Waals surface area contributed by atoms with Gasteiger partial charge in [0.05, 0.1) is 17.1 Å². The van der Waals surface area contributed by atoms with Gasteiger partial charge >= 0.3 is 12.4 Å². The molecule has 0 spiro atoms. The highest BCUT2D eigenvalue weighted by Gasteiger charge is 2.33. The molecule has 1 N–H and O–H groups in total. The van der Waals surface area contributed by atoms with E-state index in [1.165, 1.54) is 51.9 Å². The van der Waals surface area contributed by atoms with Gasteiger partial charge in [0.25, 0.3) is 0 Å². The number of aromatic nitrogens is 3. The summed E-state index contributed by atoms with van der Waals surface area (Å²) in [6.45, 7) is 9.72. The number of amides is 3. The maximum atomic E-state index is 13.1. The number of urea groups is 1. The summed E-state index contributed by atoms with van der Waals surface area (Å²) in [6.07, 6.45) is -3.32. The Morgan fingerprint density at radius 3 is 2.36 bits per heavy atom. The first-order valence-electron chi connectivity index (χ1n) is 13.6. The fourth-order valence-corrected chi connectivity index (χ4v) is 5.71. The summed E-state index contributed by atoms with van der Waals surface area (Å²) >= 11 is 1.22. The molecule has 1 aliphatic heterocycles. The van der Waals surface area contributed by atoms with Crippen LogP contribution in [-0.2, 0) is 4.79 Å². The minimum Gasteiger partial charge on any atom is -0.406 e. The van der Waals surface area contributed by atoms with E-state index in [1.54, 1.807) is 0 Å². The quantitative estimate of drug-likeness (QED) is 0.238. The van der Waals surface area contributed by atoms with E-state index in [4.69, 9.17) is 0 Å². The number of aliphatic imine (C=N–C) groups is 1. The molecular formula is C31H29F3N6O3S. The molecule has 3 aromatic carbocycles. The van der Waals surface area contributed by atoms with Gasteiger partial charge in [0.2, 0.25) is 5.91 Å². The highest BCUT2D eigenvalue weighted by atomic mass is 32.2. The number of hydrogen-bond acceptors (Lipinski definition) is 6. The van der Waals surface area contributed by atoms with E-state index < -0.39 is 12.4 Å². The molecule has 1 aromatic heterocycles. The second-order valence-corrected chi connectivity index (χ2v) is 11.5. The van der Waals surface area contributed by atoms with Gasteiger partial charge in [-0.2, -0.15) is 4.99 Å². The number of aryl methyl sites for hydroxylation is 3. The van der Waals surface area contributed by atoms with Gasteiger partial charge in [0.1, 0.15) is 12.1 Å². The number of thioether (sulfide) groups is 1. The number of amidine groups is 1. The molecule has 1 aliphatic rings. The van der Waals surface area contributed by atoms with Crippen LogP contribution >= 0.6 is 11.8 Å². The Kier molecular flexibility index (Phi) is 8.51. The zero-order valence-corrected chi connectivity index (χ0v) is 25.4. The number of rotatable bonds is 6. The fraction of sp³-hybridized carbons (Fsp3) is 0.258. The molecule has 4 aromatic rings. The second kappa shape index (κ2) is 12.2. The third kappa shape index (κ3) is 6.77. The molecule has 9 nitrogen and oxygen atoms in total. The lowest BCUT2D eigenvalue weighted by atomic mass is 9.99. The van der Waals surface area contributed by atoms with E-state index in [0.29, 0.717) is 27.9 Å². The molecule has 0 unspecified atom stereocenters. The van der Waals surface area contributed by atoms with Gasteiger partial charge in [-0.25, -0.2) is 14.5 Å². The van der Waals surface area contributed by atoms with E-state index >= 15 is 0 Å². The lowest BCUT2D eigenvalue weighted by molar-refractivity contribution is -0.274. The summed E-state index contributed by atoms with van der Waals surface area (Å²) in [5.41, 5.74) is 5.96. The highest BCUT2D eigenvalue weighted by molar-refractivity contribution is 8.15. The fourth-order valence-electron chi connectivity index (χ4n) is 4.85. The molecule has 0 bridgehead atoms. The molecule has 3 amide bonds. The van der Waals surface area contributed by atoms with Crippen LogP contribution in [0.5, 0.6) is 5.75 Å². The number of ether oxygens (including phenoxy) is 1. The van der Waals surface area contributed by atoms with Crippen LogP contribution in [0.3, 0.4) is 0 Å². The van der Waals surface area contributed by atoms with Crippen LogP contribution in [0, 0.1) is 20.8 Å².